The topological polar surface area (TPSA) is 81.0 Å². The second-order valence-corrected chi connectivity index (χ2v) is 7.78. The Hall–Kier alpha value is -2.89. The molecule has 6 heteroatoms. The van der Waals surface area contributed by atoms with Gasteiger partial charge in [0, 0.05) is 11.1 Å². The van der Waals surface area contributed by atoms with Crippen molar-refractivity contribution in [1.29, 1.82) is 0 Å². The predicted molar refractivity (Wildman–Crippen MR) is 107 cm³/mol. The maximum Gasteiger partial charge on any atom is 0.340 e. The van der Waals surface area contributed by atoms with Gasteiger partial charge < -0.3 is 14.7 Å². The van der Waals surface area contributed by atoms with Crippen molar-refractivity contribution in [3.05, 3.63) is 46.8 Å². The van der Waals surface area contributed by atoms with Gasteiger partial charge in [-0.3, -0.25) is 4.98 Å². The van der Waals surface area contributed by atoms with E-state index in [1.807, 2.05) is 31.2 Å². The fourth-order valence-electron chi connectivity index (χ4n) is 3.85. The van der Waals surface area contributed by atoms with Crippen LogP contribution in [0, 0.1) is 12.3 Å². The minimum Gasteiger partial charge on any atom is -0.497 e. The first kappa shape index (κ1) is 19.9. The van der Waals surface area contributed by atoms with Crippen LogP contribution < -0.4 is 4.74 Å². The molecular weight excluding hydrogens is 356 g/mol. The molecular formula is C22H26N2O4. The SMILES string of the molecule is CCOC(=O)c1c(C)nc2c(c1-c1ccc(OC)cc1)/C(=N\O)CC(C)(C)C2. The van der Waals surface area contributed by atoms with Gasteiger partial charge in [-0.1, -0.05) is 31.1 Å². The molecule has 1 heterocycles. The summed E-state index contributed by atoms with van der Waals surface area (Å²) in [5, 5.41) is 13.3. The summed E-state index contributed by atoms with van der Waals surface area (Å²) in [6.07, 6.45) is 1.32. The van der Waals surface area contributed by atoms with Crippen LogP contribution in [0.5, 0.6) is 5.75 Å². The number of carbonyl (C=O) groups excluding carboxylic acids is 1. The number of ether oxygens (including phenoxy) is 2. The second-order valence-electron chi connectivity index (χ2n) is 7.78. The van der Waals surface area contributed by atoms with Gasteiger partial charge in [0.15, 0.2) is 0 Å². The molecule has 1 aliphatic carbocycles. The van der Waals surface area contributed by atoms with Crippen LogP contribution in [0.25, 0.3) is 11.1 Å². The van der Waals surface area contributed by atoms with Crippen molar-refractivity contribution in [2.24, 2.45) is 10.6 Å². The zero-order valence-electron chi connectivity index (χ0n) is 17.0. The quantitative estimate of drug-likeness (QED) is 0.482. The smallest absolute Gasteiger partial charge is 0.340 e. The number of aromatic nitrogens is 1. The van der Waals surface area contributed by atoms with Crippen LogP contribution in [-0.2, 0) is 11.2 Å². The lowest BCUT2D eigenvalue weighted by Crippen LogP contribution is -2.30. The number of hydrogen-bond donors (Lipinski definition) is 1. The monoisotopic (exact) mass is 382 g/mol. The van der Waals surface area contributed by atoms with E-state index in [0.29, 0.717) is 29.0 Å². The van der Waals surface area contributed by atoms with E-state index in [2.05, 4.69) is 19.0 Å². The van der Waals surface area contributed by atoms with Gasteiger partial charge >= 0.3 is 5.97 Å². The van der Waals surface area contributed by atoms with E-state index >= 15 is 0 Å². The van der Waals surface area contributed by atoms with Gasteiger partial charge in [0.05, 0.1) is 36.4 Å². The molecule has 0 unspecified atom stereocenters. The molecule has 0 spiro atoms. The number of rotatable bonds is 4. The summed E-state index contributed by atoms with van der Waals surface area (Å²) < 4.78 is 10.6. The molecule has 1 aliphatic rings. The summed E-state index contributed by atoms with van der Waals surface area (Å²) in [6, 6.07) is 7.47. The number of nitrogens with zero attached hydrogens (tertiary/aromatic N) is 2. The van der Waals surface area contributed by atoms with E-state index in [1.165, 1.54) is 0 Å². The van der Waals surface area contributed by atoms with Crippen LogP contribution >= 0.6 is 0 Å². The molecule has 0 radical (unpaired) electrons. The normalized spacial score (nSPS) is 16.5. The molecule has 3 rings (SSSR count). The van der Waals surface area contributed by atoms with Crippen LogP contribution in [0.2, 0.25) is 0 Å². The molecule has 0 saturated heterocycles. The fraction of sp³-hybridized carbons (Fsp3) is 0.409. The highest BCUT2D eigenvalue weighted by Crippen LogP contribution is 2.41. The molecule has 6 nitrogen and oxygen atoms in total. The maximum absolute atomic E-state index is 12.8. The summed E-state index contributed by atoms with van der Waals surface area (Å²) in [6.45, 7) is 8.09. The second kappa shape index (κ2) is 7.62. The van der Waals surface area contributed by atoms with E-state index in [-0.39, 0.29) is 12.0 Å². The van der Waals surface area contributed by atoms with Crippen molar-refractivity contribution in [3.63, 3.8) is 0 Å². The number of methoxy groups -OCH3 is 1. The van der Waals surface area contributed by atoms with Crippen molar-refractivity contribution < 1.29 is 19.5 Å². The van der Waals surface area contributed by atoms with Crippen molar-refractivity contribution >= 4 is 11.7 Å². The summed E-state index contributed by atoms with van der Waals surface area (Å²) in [5.74, 6) is 0.293. The number of esters is 1. The van der Waals surface area contributed by atoms with Crippen LogP contribution in [0.4, 0.5) is 0 Å². The third-order valence-corrected chi connectivity index (χ3v) is 5.01. The Morgan fingerprint density at radius 1 is 1.21 bits per heavy atom. The van der Waals surface area contributed by atoms with Crippen molar-refractivity contribution in [2.75, 3.05) is 13.7 Å². The Bertz CT molecular complexity index is 931. The number of fused-ring (bicyclic) bond motifs is 1. The standard InChI is InChI=1S/C22H26N2O4/c1-6-28-21(25)18-13(2)23-16-11-22(3,4)12-17(24-26)20(16)19(18)14-7-9-15(27-5)10-8-14/h7-10,26H,6,11-12H2,1-5H3/b24-17-. The van der Waals surface area contributed by atoms with E-state index < -0.39 is 5.97 Å². The number of hydrogen-bond acceptors (Lipinski definition) is 6. The molecule has 0 atom stereocenters. The highest BCUT2D eigenvalue weighted by atomic mass is 16.5. The van der Waals surface area contributed by atoms with E-state index in [0.717, 1.165) is 29.0 Å². The van der Waals surface area contributed by atoms with Gasteiger partial charge in [0.25, 0.3) is 0 Å². The molecule has 0 fully saturated rings. The largest absolute Gasteiger partial charge is 0.497 e. The van der Waals surface area contributed by atoms with Gasteiger partial charge in [-0.05, 0) is 49.8 Å². The zero-order valence-corrected chi connectivity index (χ0v) is 17.0. The van der Waals surface area contributed by atoms with Crippen LogP contribution in [0.3, 0.4) is 0 Å². The first-order chi connectivity index (χ1) is 13.3. The molecule has 0 bridgehead atoms. The number of oxime groups is 1. The average molecular weight is 382 g/mol. The van der Waals surface area contributed by atoms with Gasteiger partial charge in [0.2, 0.25) is 0 Å². The van der Waals surface area contributed by atoms with Gasteiger partial charge in [0.1, 0.15) is 5.75 Å². The van der Waals surface area contributed by atoms with Crippen molar-refractivity contribution in [1.82, 2.24) is 4.98 Å². The molecule has 0 saturated carbocycles. The number of carbonyl (C=O) groups is 1. The molecule has 148 valence electrons. The minimum atomic E-state index is -0.428. The molecule has 0 aliphatic heterocycles. The Labute approximate surface area is 165 Å². The fourth-order valence-corrected chi connectivity index (χ4v) is 3.85. The molecule has 28 heavy (non-hydrogen) atoms. The lowest BCUT2D eigenvalue weighted by Gasteiger charge is -2.33. The summed E-state index contributed by atoms with van der Waals surface area (Å²) >= 11 is 0. The van der Waals surface area contributed by atoms with Crippen LogP contribution in [0.15, 0.2) is 29.4 Å². The Morgan fingerprint density at radius 3 is 2.46 bits per heavy atom. The minimum absolute atomic E-state index is 0.0867. The van der Waals surface area contributed by atoms with Crippen LogP contribution in [0.1, 0.15) is 54.5 Å². The molecule has 2 aromatic rings. The lowest BCUT2D eigenvalue weighted by atomic mass is 9.73. The zero-order chi connectivity index (χ0) is 20.5. The van der Waals surface area contributed by atoms with E-state index in [9.17, 15) is 10.0 Å². The number of benzene rings is 1. The van der Waals surface area contributed by atoms with E-state index in [1.54, 1.807) is 14.0 Å². The third kappa shape index (κ3) is 3.59. The average Bonchev–Trinajstić information content (AvgIpc) is 2.65. The summed E-state index contributed by atoms with van der Waals surface area (Å²) in [5.41, 5.74) is 4.55. The molecule has 1 N–H and O–H groups in total. The first-order valence-electron chi connectivity index (χ1n) is 9.37. The van der Waals surface area contributed by atoms with Gasteiger partial charge in [-0.25, -0.2) is 4.79 Å². The first-order valence-corrected chi connectivity index (χ1v) is 9.37. The van der Waals surface area contributed by atoms with Crippen LogP contribution in [-0.4, -0.2) is 35.6 Å². The highest BCUT2D eigenvalue weighted by molar-refractivity contribution is 6.12. The molecule has 0 amide bonds. The van der Waals surface area contributed by atoms with E-state index in [4.69, 9.17) is 14.5 Å². The summed E-state index contributed by atoms with van der Waals surface area (Å²) in [4.78, 5) is 17.5. The molecule has 1 aromatic heterocycles. The maximum atomic E-state index is 12.8. The Balaban J connectivity index is 2.35. The van der Waals surface area contributed by atoms with Gasteiger partial charge in [-0.15, -0.1) is 0 Å². The lowest BCUT2D eigenvalue weighted by molar-refractivity contribution is 0.0526. The van der Waals surface area contributed by atoms with Crippen molar-refractivity contribution in [3.8, 4) is 16.9 Å². The number of aryl methyl sites for hydroxylation is 1. The Kier molecular flexibility index (Phi) is 5.40. The highest BCUT2D eigenvalue weighted by Gasteiger charge is 2.36. The number of pyridine rings is 1. The van der Waals surface area contributed by atoms with Gasteiger partial charge in [-0.2, -0.15) is 0 Å². The molecule has 1 aromatic carbocycles. The predicted octanol–water partition coefficient (Wildman–Crippen LogP) is 4.39. The summed E-state index contributed by atoms with van der Waals surface area (Å²) in [7, 11) is 1.61. The third-order valence-electron chi connectivity index (χ3n) is 5.01. The Morgan fingerprint density at radius 2 is 1.89 bits per heavy atom. The van der Waals surface area contributed by atoms with Crippen molar-refractivity contribution in [2.45, 2.75) is 40.5 Å².